The Morgan fingerprint density at radius 3 is 3.09 bits per heavy atom. The zero-order valence-electron chi connectivity index (χ0n) is 18.5. The number of aromatic nitrogens is 5. The second kappa shape index (κ2) is 9.28. The summed E-state index contributed by atoms with van der Waals surface area (Å²) in [6.07, 6.45) is 5.02. The average molecular weight is 452 g/mol. The van der Waals surface area contributed by atoms with Gasteiger partial charge in [0, 0.05) is 25.0 Å². The Balaban J connectivity index is 1.65. The van der Waals surface area contributed by atoms with Crippen LogP contribution in [0.15, 0.2) is 31.2 Å². The number of hydrogen-bond acceptors (Lipinski definition) is 7. The van der Waals surface area contributed by atoms with Crippen molar-refractivity contribution in [3.63, 3.8) is 0 Å². The van der Waals surface area contributed by atoms with Gasteiger partial charge in [0.15, 0.2) is 0 Å². The summed E-state index contributed by atoms with van der Waals surface area (Å²) in [4.78, 5) is 25.3. The molecule has 0 spiro atoms. The molecule has 0 aliphatic carbocycles. The third-order valence-electron chi connectivity index (χ3n) is 5.75. The Hall–Kier alpha value is -3.94. The van der Waals surface area contributed by atoms with Crippen LogP contribution >= 0.6 is 0 Å². The number of rotatable bonds is 7. The van der Waals surface area contributed by atoms with E-state index < -0.39 is 12.3 Å². The molecule has 0 aromatic carbocycles. The molecule has 3 aromatic rings. The Morgan fingerprint density at radius 2 is 2.36 bits per heavy atom. The minimum absolute atomic E-state index is 0.0499. The summed E-state index contributed by atoms with van der Waals surface area (Å²) in [5.74, 6) is -0.0173. The van der Waals surface area contributed by atoms with E-state index >= 15 is 0 Å². The van der Waals surface area contributed by atoms with E-state index in [4.69, 9.17) is 4.74 Å². The summed E-state index contributed by atoms with van der Waals surface area (Å²) in [7, 11) is 0. The van der Waals surface area contributed by atoms with Crippen molar-refractivity contribution < 1.29 is 13.9 Å². The number of ether oxygens (including phenoxy) is 1. The van der Waals surface area contributed by atoms with Gasteiger partial charge in [0.1, 0.15) is 24.0 Å². The molecule has 1 aliphatic heterocycles. The second-order valence-corrected chi connectivity index (χ2v) is 7.93. The fourth-order valence-corrected chi connectivity index (χ4v) is 3.66. The molecule has 3 aromatic heterocycles. The van der Waals surface area contributed by atoms with Crippen LogP contribution in [-0.4, -0.2) is 60.9 Å². The highest BCUT2D eigenvalue weighted by Gasteiger charge is 2.33. The Bertz CT molecular complexity index is 1210. The fourth-order valence-electron chi connectivity index (χ4n) is 3.66. The molecule has 4 rings (SSSR count). The number of nitrogens with one attached hydrogen (secondary N) is 2. The van der Waals surface area contributed by atoms with Crippen LogP contribution in [0.1, 0.15) is 38.3 Å². The first-order valence-corrected chi connectivity index (χ1v) is 10.8. The summed E-state index contributed by atoms with van der Waals surface area (Å²) in [6, 6.07) is 2.30. The number of likely N-dealkylation sites (tertiary alicyclic amines) is 1. The molecular weight excluding hydrogens is 427 g/mol. The monoisotopic (exact) mass is 452 g/mol. The fraction of sp³-hybridized carbons (Fsp3) is 0.409. The van der Waals surface area contributed by atoms with Gasteiger partial charge in [0.25, 0.3) is 0 Å². The highest BCUT2D eigenvalue weighted by atomic mass is 19.1. The molecule has 0 bridgehead atoms. The number of piperidine rings is 1. The van der Waals surface area contributed by atoms with Crippen molar-refractivity contribution in [2.45, 2.75) is 45.0 Å². The maximum absolute atomic E-state index is 14.7. The quantitative estimate of drug-likeness (QED) is 0.527. The molecule has 33 heavy (non-hydrogen) atoms. The van der Waals surface area contributed by atoms with Crippen LogP contribution in [-0.2, 0) is 4.79 Å². The smallest absolute Gasteiger partial charge is 0.246 e. The molecule has 0 saturated carbocycles. The summed E-state index contributed by atoms with van der Waals surface area (Å²) in [6.45, 7) is 7.96. The zero-order chi connectivity index (χ0) is 23.5. The van der Waals surface area contributed by atoms with E-state index in [1.54, 1.807) is 6.20 Å². The first-order chi connectivity index (χ1) is 15.9. The van der Waals surface area contributed by atoms with Gasteiger partial charge in [-0.05, 0) is 25.8 Å². The molecule has 1 saturated heterocycles. The average Bonchev–Trinajstić information content (AvgIpc) is 3.46. The lowest BCUT2D eigenvalue weighted by atomic mass is 10.1. The predicted molar refractivity (Wildman–Crippen MR) is 120 cm³/mol. The topological polar surface area (TPSA) is 125 Å². The molecule has 172 valence electrons. The molecule has 0 radical (unpaired) electrons. The van der Waals surface area contributed by atoms with E-state index in [9.17, 15) is 14.4 Å². The number of H-pyrrole nitrogens is 1. The number of carbonyl (C=O) groups is 1. The summed E-state index contributed by atoms with van der Waals surface area (Å²) in [5, 5.41) is 17.3. The van der Waals surface area contributed by atoms with Crippen molar-refractivity contribution in [1.82, 2.24) is 29.6 Å². The molecule has 10 nitrogen and oxygen atoms in total. The lowest BCUT2D eigenvalue weighted by Crippen LogP contribution is -2.49. The van der Waals surface area contributed by atoms with Gasteiger partial charge in [-0.15, -0.1) is 0 Å². The maximum Gasteiger partial charge on any atom is 0.246 e. The lowest BCUT2D eigenvalue weighted by molar-refractivity contribution is -0.130. The number of nitrogens with zero attached hydrogens (tertiary/aromatic N) is 6. The normalized spacial score (nSPS) is 19.2. The Labute approximate surface area is 190 Å². The largest absolute Gasteiger partial charge is 0.469 e. The molecular formula is C22H25FN8O2. The predicted octanol–water partition coefficient (Wildman–Crippen LogP) is 3.24. The third-order valence-corrected chi connectivity index (χ3v) is 5.75. The number of halogens is 1. The molecule has 3 atom stereocenters. The highest BCUT2D eigenvalue weighted by molar-refractivity contribution is 5.89. The van der Waals surface area contributed by atoms with Crippen LogP contribution in [0.5, 0.6) is 5.88 Å². The number of alkyl halides is 1. The lowest BCUT2D eigenvalue weighted by Gasteiger charge is -2.34. The number of amides is 1. The molecule has 1 aliphatic rings. The van der Waals surface area contributed by atoms with E-state index in [1.165, 1.54) is 17.2 Å². The van der Waals surface area contributed by atoms with E-state index in [1.807, 2.05) is 10.9 Å². The number of aromatic amines is 1. The highest BCUT2D eigenvalue weighted by Crippen LogP contribution is 2.31. The van der Waals surface area contributed by atoms with Crippen molar-refractivity contribution in [3.8, 4) is 11.9 Å². The number of hydrogen-bond donors (Lipinski definition) is 2. The first-order valence-electron chi connectivity index (χ1n) is 10.8. The van der Waals surface area contributed by atoms with Crippen LogP contribution in [0.4, 0.5) is 16.0 Å². The van der Waals surface area contributed by atoms with Crippen LogP contribution in [0.25, 0.3) is 11.0 Å². The first kappa shape index (κ1) is 22.3. The molecule has 1 unspecified atom stereocenters. The van der Waals surface area contributed by atoms with Gasteiger partial charge in [-0.2, -0.15) is 20.3 Å². The Kier molecular flexibility index (Phi) is 6.26. The molecule has 1 amide bonds. The van der Waals surface area contributed by atoms with Crippen LogP contribution < -0.4 is 10.1 Å². The summed E-state index contributed by atoms with van der Waals surface area (Å²) >= 11 is 0. The van der Waals surface area contributed by atoms with Gasteiger partial charge < -0.3 is 19.9 Å². The van der Waals surface area contributed by atoms with E-state index in [-0.39, 0.29) is 48.9 Å². The van der Waals surface area contributed by atoms with Crippen LogP contribution in [0.3, 0.4) is 0 Å². The molecule has 2 N–H and O–H groups in total. The minimum atomic E-state index is -1.29. The number of anilines is 2. The van der Waals surface area contributed by atoms with E-state index in [0.29, 0.717) is 16.7 Å². The number of carbonyl (C=O) groups excluding carboxylic acids is 1. The van der Waals surface area contributed by atoms with Crippen LogP contribution in [0.2, 0.25) is 0 Å². The maximum atomic E-state index is 14.7. The number of nitriles is 1. The van der Waals surface area contributed by atoms with E-state index in [0.717, 1.165) is 6.42 Å². The van der Waals surface area contributed by atoms with Gasteiger partial charge in [0.05, 0.1) is 29.4 Å². The van der Waals surface area contributed by atoms with Gasteiger partial charge >= 0.3 is 0 Å². The van der Waals surface area contributed by atoms with Gasteiger partial charge in [0.2, 0.25) is 17.7 Å². The van der Waals surface area contributed by atoms with Crippen molar-refractivity contribution in [1.29, 1.82) is 5.26 Å². The molecule has 1 fully saturated rings. The van der Waals surface area contributed by atoms with E-state index in [2.05, 4.69) is 51.9 Å². The van der Waals surface area contributed by atoms with Gasteiger partial charge in [-0.25, -0.2) is 4.39 Å². The Morgan fingerprint density at radius 1 is 1.55 bits per heavy atom. The molecule has 4 heterocycles. The molecule has 11 heteroatoms. The summed E-state index contributed by atoms with van der Waals surface area (Å²) in [5.41, 5.74) is 1.33. The summed E-state index contributed by atoms with van der Waals surface area (Å²) < 4.78 is 22.5. The van der Waals surface area contributed by atoms with Crippen molar-refractivity contribution in [3.05, 3.63) is 36.8 Å². The standard InChI is InChI=1S/C22H25FN8O2/c1-4-13(3)31-11-15(10-26-31)27-22-28-20-19(14(8-24)9-25-20)21(29-22)33-17-12-30(18(32)5-2)7-6-16(17)23/h5,9-11,13,16-17H,2,4,6-7,12H2,1,3H3,(H2,25,27,28,29)/t13?,16-,17-/m1/s1. The zero-order valence-corrected chi connectivity index (χ0v) is 18.5. The number of fused-ring (bicyclic) bond motifs is 1. The van der Waals surface area contributed by atoms with Crippen molar-refractivity contribution in [2.24, 2.45) is 0 Å². The van der Waals surface area contributed by atoms with Crippen LogP contribution in [0, 0.1) is 11.3 Å². The van der Waals surface area contributed by atoms with Crippen molar-refractivity contribution >= 4 is 28.6 Å². The minimum Gasteiger partial charge on any atom is -0.469 e. The van der Waals surface area contributed by atoms with Gasteiger partial charge in [-0.1, -0.05) is 13.5 Å². The SMILES string of the molecule is C=CC(=O)N1CC[C@@H](F)[C@H](Oc2nc(Nc3cnn(C(C)CC)c3)nc3[nH]cc(C#N)c23)C1. The van der Waals surface area contributed by atoms with Gasteiger partial charge in [-0.3, -0.25) is 9.48 Å². The van der Waals surface area contributed by atoms with Crippen molar-refractivity contribution in [2.75, 3.05) is 18.4 Å². The third kappa shape index (κ3) is 4.50. The second-order valence-electron chi connectivity index (χ2n) is 7.93.